The number of esters is 2. The summed E-state index contributed by atoms with van der Waals surface area (Å²) in [6.45, 7) is 1.24. The number of benzene rings is 2. The SMILES string of the molecule is CO[C@@H]1OC(C)(COC(=O)c2ccccc2)C(OC(=O)c2ccccc2)C1=O. The Balaban J connectivity index is 1.75. The molecule has 1 fully saturated rings. The van der Waals surface area contributed by atoms with Crippen molar-refractivity contribution in [3.63, 3.8) is 0 Å². The van der Waals surface area contributed by atoms with Crippen molar-refractivity contribution in [2.75, 3.05) is 13.7 Å². The minimum absolute atomic E-state index is 0.291. The maximum absolute atomic E-state index is 12.6. The highest BCUT2D eigenvalue weighted by molar-refractivity contribution is 5.95. The summed E-state index contributed by atoms with van der Waals surface area (Å²) in [4.78, 5) is 37.2. The number of carbonyl (C=O) groups excluding carboxylic acids is 3. The normalized spacial score (nSPS) is 24.0. The molecule has 2 aromatic rings. The fraction of sp³-hybridized carbons (Fsp3) is 0.286. The minimum atomic E-state index is -1.38. The van der Waals surface area contributed by atoms with Crippen molar-refractivity contribution in [1.82, 2.24) is 0 Å². The van der Waals surface area contributed by atoms with Crippen molar-refractivity contribution in [3.8, 4) is 0 Å². The number of rotatable bonds is 6. The molecule has 146 valence electrons. The Hall–Kier alpha value is -3.03. The Bertz CT molecular complexity index is 850. The van der Waals surface area contributed by atoms with E-state index in [9.17, 15) is 14.4 Å². The predicted octanol–water partition coefficient (Wildman–Crippen LogP) is 2.40. The molecule has 0 aliphatic carbocycles. The summed E-state index contributed by atoms with van der Waals surface area (Å²) in [6, 6.07) is 16.7. The summed E-state index contributed by atoms with van der Waals surface area (Å²) in [6.07, 6.45) is -2.50. The molecule has 3 rings (SSSR count). The van der Waals surface area contributed by atoms with E-state index in [4.69, 9.17) is 18.9 Å². The second-order valence-electron chi connectivity index (χ2n) is 6.49. The van der Waals surface area contributed by atoms with E-state index in [1.165, 1.54) is 14.0 Å². The van der Waals surface area contributed by atoms with Gasteiger partial charge in [0.15, 0.2) is 6.10 Å². The Kier molecular flexibility index (Phi) is 5.87. The van der Waals surface area contributed by atoms with Crippen LogP contribution < -0.4 is 0 Å². The van der Waals surface area contributed by atoms with Crippen LogP contribution in [-0.4, -0.2) is 49.4 Å². The second-order valence-corrected chi connectivity index (χ2v) is 6.49. The first-order valence-corrected chi connectivity index (χ1v) is 8.67. The van der Waals surface area contributed by atoms with Crippen molar-refractivity contribution in [1.29, 1.82) is 0 Å². The molecule has 0 amide bonds. The highest BCUT2D eigenvalue weighted by Gasteiger charge is 2.55. The Morgan fingerprint density at radius 3 is 2.04 bits per heavy atom. The van der Waals surface area contributed by atoms with Gasteiger partial charge in [-0.25, -0.2) is 9.59 Å². The van der Waals surface area contributed by atoms with Crippen molar-refractivity contribution in [2.24, 2.45) is 0 Å². The molecule has 28 heavy (non-hydrogen) atoms. The van der Waals surface area contributed by atoms with Crippen LogP contribution in [0.3, 0.4) is 0 Å². The monoisotopic (exact) mass is 384 g/mol. The average molecular weight is 384 g/mol. The first kappa shape index (κ1) is 19.7. The van der Waals surface area contributed by atoms with Gasteiger partial charge in [0.25, 0.3) is 0 Å². The topological polar surface area (TPSA) is 88.1 Å². The maximum atomic E-state index is 12.6. The van der Waals surface area contributed by atoms with Crippen LogP contribution in [0.1, 0.15) is 27.6 Å². The van der Waals surface area contributed by atoms with Gasteiger partial charge in [-0.3, -0.25) is 4.79 Å². The standard InChI is InChI=1S/C21H20O7/c1-21(13-26-18(23)14-9-5-3-6-10-14)17(16(22)20(25-2)28-21)27-19(24)15-11-7-4-8-12-15/h3-12,17,20H,13H2,1-2H3/t17?,20-,21?/m1/s1. The molecular weight excluding hydrogens is 364 g/mol. The summed E-state index contributed by atoms with van der Waals surface area (Å²) in [7, 11) is 1.31. The van der Waals surface area contributed by atoms with Crippen molar-refractivity contribution < 1.29 is 33.3 Å². The lowest BCUT2D eigenvalue weighted by atomic mass is 9.99. The lowest BCUT2D eigenvalue weighted by Gasteiger charge is -2.28. The van der Waals surface area contributed by atoms with Crippen molar-refractivity contribution in [2.45, 2.75) is 24.9 Å². The fourth-order valence-corrected chi connectivity index (χ4v) is 2.86. The van der Waals surface area contributed by atoms with Gasteiger partial charge in [-0.05, 0) is 31.2 Å². The Morgan fingerprint density at radius 2 is 1.50 bits per heavy atom. The van der Waals surface area contributed by atoms with Gasteiger partial charge in [0.2, 0.25) is 12.1 Å². The fourth-order valence-electron chi connectivity index (χ4n) is 2.86. The zero-order valence-electron chi connectivity index (χ0n) is 15.5. The van der Waals surface area contributed by atoms with E-state index in [0.29, 0.717) is 11.1 Å². The van der Waals surface area contributed by atoms with E-state index in [0.717, 1.165) is 0 Å². The van der Waals surface area contributed by atoms with E-state index in [-0.39, 0.29) is 6.61 Å². The number of ether oxygens (including phenoxy) is 4. The van der Waals surface area contributed by atoms with Gasteiger partial charge in [-0.1, -0.05) is 36.4 Å². The van der Waals surface area contributed by atoms with Gasteiger partial charge < -0.3 is 18.9 Å². The van der Waals surface area contributed by atoms with Gasteiger partial charge >= 0.3 is 11.9 Å². The highest BCUT2D eigenvalue weighted by Crippen LogP contribution is 2.32. The summed E-state index contributed by atoms with van der Waals surface area (Å²) >= 11 is 0. The third-order valence-electron chi connectivity index (χ3n) is 4.37. The third kappa shape index (κ3) is 4.11. The number of hydrogen-bond donors (Lipinski definition) is 0. The van der Waals surface area contributed by atoms with Gasteiger partial charge in [-0.15, -0.1) is 0 Å². The number of Topliss-reactive ketones (excluding diaryl/α,β-unsaturated/α-hetero) is 1. The molecule has 7 nitrogen and oxygen atoms in total. The van der Waals surface area contributed by atoms with Crippen molar-refractivity contribution in [3.05, 3.63) is 71.8 Å². The number of methoxy groups -OCH3 is 1. The predicted molar refractivity (Wildman–Crippen MR) is 97.7 cm³/mol. The Labute approximate surface area is 162 Å². The van der Waals surface area contributed by atoms with Crippen LogP contribution in [0.25, 0.3) is 0 Å². The van der Waals surface area contributed by atoms with Gasteiger partial charge in [0.05, 0.1) is 11.1 Å². The van der Waals surface area contributed by atoms with E-state index < -0.39 is 35.7 Å². The minimum Gasteiger partial charge on any atom is -0.459 e. The Morgan fingerprint density at radius 1 is 0.964 bits per heavy atom. The van der Waals surface area contributed by atoms with E-state index >= 15 is 0 Å². The molecule has 1 saturated heterocycles. The second kappa shape index (κ2) is 8.33. The molecular formula is C21H20O7. The molecule has 2 unspecified atom stereocenters. The van der Waals surface area contributed by atoms with E-state index in [2.05, 4.69) is 0 Å². The number of carbonyl (C=O) groups is 3. The lowest BCUT2D eigenvalue weighted by molar-refractivity contribution is -0.175. The molecule has 7 heteroatoms. The highest BCUT2D eigenvalue weighted by atomic mass is 16.7. The molecule has 0 bridgehead atoms. The molecule has 0 N–H and O–H groups in total. The van der Waals surface area contributed by atoms with Crippen molar-refractivity contribution >= 4 is 17.7 Å². The number of hydrogen-bond acceptors (Lipinski definition) is 7. The lowest BCUT2D eigenvalue weighted by Crippen LogP contribution is -2.46. The molecule has 0 radical (unpaired) electrons. The smallest absolute Gasteiger partial charge is 0.338 e. The molecule has 2 aromatic carbocycles. The first-order valence-electron chi connectivity index (χ1n) is 8.67. The third-order valence-corrected chi connectivity index (χ3v) is 4.37. The molecule has 1 heterocycles. The zero-order valence-corrected chi connectivity index (χ0v) is 15.5. The van der Waals surface area contributed by atoms with Gasteiger partial charge in [0.1, 0.15) is 12.2 Å². The molecule has 1 aliphatic rings. The van der Waals surface area contributed by atoms with Crippen LogP contribution in [0.5, 0.6) is 0 Å². The quantitative estimate of drug-likeness (QED) is 0.707. The largest absolute Gasteiger partial charge is 0.459 e. The van der Waals surface area contributed by atoms with Crippen LogP contribution in [0.2, 0.25) is 0 Å². The molecule has 0 spiro atoms. The molecule has 1 aliphatic heterocycles. The van der Waals surface area contributed by atoms with Crippen LogP contribution >= 0.6 is 0 Å². The zero-order chi connectivity index (χ0) is 20.1. The summed E-state index contributed by atoms with van der Waals surface area (Å²) in [5, 5.41) is 0. The van der Waals surface area contributed by atoms with E-state index in [1.54, 1.807) is 60.7 Å². The van der Waals surface area contributed by atoms with Gasteiger partial charge in [-0.2, -0.15) is 0 Å². The molecule has 0 saturated carbocycles. The molecule has 3 atom stereocenters. The summed E-state index contributed by atoms with van der Waals surface area (Å²) in [5.41, 5.74) is -0.733. The van der Waals surface area contributed by atoms with Crippen LogP contribution in [0.4, 0.5) is 0 Å². The maximum Gasteiger partial charge on any atom is 0.338 e. The summed E-state index contributed by atoms with van der Waals surface area (Å²) < 4.78 is 21.4. The molecule has 0 aromatic heterocycles. The average Bonchev–Trinajstić information content (AvgIpc) is 2.98. The summed E-state index contributed by atoms with van der Waals surface area (Å²) in [5.74, 6) is -1.81. The van der Waals surface area contributed by atoms with Gasteiger partial charge in [0, 0.05) is 7.11 Å². The van der Waals surface area contributed by atoms with Crippen LogP contribution in [0, 0.1) is 0 Å². The first-order chi connectivity index (χ1) is 13.4. The van der Waals surface area contributed by atoms with Crippen LogP contribution in [-0.2, 0) is 23.7 Å². The van der Waals surface area contributed by atoms with E-state index in [1.807, 2.05) is 0 Å². The number of ketones is 1. The van der Waals surface area contributed by atoms with Crippen LogP contribution in [0.15, 0.2) is 60.7 Å².